The molecule has 1 N–H and O–H groups in total. The first kappa shape index (κ1) is 9.20. The van der Waals surface area contributed by atoms with Crippen LogP contribution in [0.2, 0.25) is 0 Å². The van der Waals surface area contributed by atoms with E-state index in [1.807, 2.05) is 0 Å². The van der Waals surface area contributed by atoms with Crippen LogP contribution in [0.5, 0.6) is 0 Å². The van der Waals surface area contributed by atoms with Gasteiger partial charge in [-0.15, -0.1) is 0 Å². The second-order valence-corrected chi connectivity index (χ2v) is 2.54. The average Bonchev–Trinajstić information content (AvgIpc) is 2.08. The third kappa shape index (κ3) is 1.64. The quantitative estimate of drug-likeness (QED) is 0.713. The second kappa shape index (κ2) is 3.23. The Bertz CT molecular complexity index is 407. The maximum atomic E-state index is 12.7. The summed E-state index contributed by atoms with van der Waals surface area (Å²) >= 11 is 0. The summed E-state index contributed by atoms with van der Waals surface area (Å²) in [4.78, 5) is 10.6. The van der Waals surface area contributed by atoms with E-state index in [-0.39, 0.29) is 16.7 Å². The van der Waals surface area contributed by atoms with Gasteiger partial charge in [0, 0.05) is 0 Å². The molecule has 0 aliphatic heterocycles. The van der Waals surface area contributed by atoms with Crippen LogP contribution in [0, 0.1) is 24.1 Å². The molecule has 1 rings (SSSR count). The number of benzene rings is 1. The SMILES string of the molecule is Cc1c(C#N)cc(F)cc1C(=O)O. The first-order valence-corrected chi connectivity index (χ1v) is 3.50. The van der Waals surface area contributed by atoms with E-state index in [4.69, 9.17) is 10.4 Å². The normalized spacial score (nSPS) is 9.31. The van der Waals surface area contributed by atoms with Gasteiger partial charge in [0.1, 0.15) is 5.82 Å². The lowest BCUT2D eigenvalue weighted by Crippen LogP contribution is -2.02. The number of hydrogen-bond acceptors (Lipinski definition) is 2. The average molecular weight is 179 g/mol. The molecule has 13 heavy (non-hydrogen) atoms. The van der Waals surface area contributed by atoms with Crippen molar-refractivity contribution in [2.24, 2.45) is 0 Å². The van der Waals surface area contributed by atoms with Gasteiger partial charge in [-0.25, -0.2) is 9.18 Å². The zero-order valence-corrected chi connectivity index (χ0v) is 6.84. The highest BCUT2D eigenvalue weighted by Gasteiger charge is 2.12. The molecule has 0 atom stereocenters. The third-order valence-corrected chi connectivity index (χ3v) is 1.72. The molecule has 0 heterocycles. The van der Waals surface area contributed by atoms with Crippen LogP contribution in [-0.4, -0.2) is 11.1 Å². The minimum absolute atomic E-state index is 0.0531. The van der Waals surface area contributed by atoms with Crippen molar-refractivity contribution in [3.63, 3.8) is 0 Å². The molecule has 4 heteroatoms. The number of carbonyl (C=O) groups is 1. The number of nitriles is 1. The Morgan fingerprint density at radius 2 is 2.23 bits per heavy atom. The van der Waals surface area contributed by atoms with E-state index in [2.05, 4.69) is 0 Å². The zero-order valence-electron chi connectivity index (χ0n) is 6.84. The van der Waals surface area contributed by atoms with Crippen LogP contribution in [0.15, 0.2) is 12.1 Å². The van der Waals surface area contributed by atoms with Crippen molar-refractivity contribution in [3.05, 3.63) is 34.6 Å². The summed E-state index contributed by atoms with van der Waals surface area (Å²) in [5.41, 5.74) is 0.172. The number of rotatable bonds is 1. The summed E-state index contributed by atoms with van der Waals surface area (Å²) in [7, 11) is 0. The molecule has 0 bridgehead atoms. The Morgan fingerprint density at radius 3 is 2.69 bits per heavy atom. The fourth-order valence-corrected chi connectivity index (χ4v) is 1.02. The molecule has 0 amide bonds. The monoisotopic (exact) mass is 179 g/mol. The molecule has 0 saturated carbocycles. The van der Waals surface area contributed by atoms with E-state index >= 15 is 0 Å². The van der Waals surface area contributed by atoms with Crippen molar-refractivity contribution < 1.29 is 14.3 Å². The molecular weight excluding hydrogens is 173 g/mol. The van der Waals surface area contributed by atoms with Crippen molar-refractivity contribution in [1.82, 2.24) is 0 Å². The van der Waals surface area contributed by atoms with Gasteiger partial charge in [0.15, 0.2) is 0 Å². The van der Waals surface area contributed by atoms with Crippen LogP contribution < -0.4 is 0 Å². The summed E-state index contributed by atoms with van der Waals surface area (Å²) in [6.07, 6.45) is 0. The van der Waals surface area contributed by atoms with Gasteiger partial charge in [-0.2, -0.15) is 5.26 Å². The van der Waals surface area contributed by atoms with Gasteiger partial charge in [-0.1, -0.05) is 0 Å². The van der Waals surface area contributed by atoms with E-state index in [1.54, 1.807) is 6.07 Å². The smallest absolute Gasteiger partial charge is 0.336 e. The highest BCUT2D eigenvalue weighted by atomic mass is 19.1. The molecular formula is C9H6FNO2. The van der Waals surface area contributed by atoms with Gasteiger partial charge < -0.3 is 5.11 Å². The van der Waals surface area contributed by atoms with Crippen molar-refractivity contribution >= 4 is 5.97 Å². The van der Waals surface area contributed by atoms with Crippen LogP contribution in [0.1, 0.15) is 21.5 Å². The Balaban J connectivity index is 3.47. The second-order valence-electron chi connectivity index (χ2n) is 2.54. The molecule has 0 unspecified atom stereocenters. The van der Waals surface area contributed by atoms with Crippen molar-refractivity contribution in [1.29, 1.82) is 5.26 Å². The Hall–Kier alpha value is -1.89. The number of nitrogens with zero attached hydrogens (tertiary/aromatic N) is 1. The van der Waals surface area contributed by atoms with Gasteiger partial charge in [0.05, 0.1) is 17.2 Å². The predicted octanol–water partition coefficient (Wildman–Crippen LogP) is 1.70. The van der Waals surface area contributed by atoms with Crippen molar-refractivity contribution in [3.8, 4) is 6.07 Å². The molecule has 0 saturated heterocycles. The van der Waals surface area contributed by atoms with Crippen molar-refractivity contribution in [2.45, 2.75) is 6.92 Å². The maximum Gasteiger partial charge on any atom is 0.336 e. The third-order valence-electron chi connectivity index (χ3n) is 1.72. The first-order valence-electron chi connectivity index (χ1n) is 3.50. The first-order chi connectivity index (χ1) is 6.06. The van der Waals surface area contributed by atoms with Crippen LogP contribution in [0.3, 0.4) is 0 Å². The van der Waals surface area contributed by atoms with Gasteiger partial charge in [-0.3, -0.25) is 0 Å². The van der Waals surface area contributed by atoms with Crippen LogP contribution in [0.25, 0.3) is 0 Å². The number of carboxylic acid groups (broad SMARTS) is 1. The molecule has 0 aromatic heterocycles. The Labute approximate surface area is 74.0 Å². The number of carboxylic acids is 1. The highest BCUT2D eigenvalue weighted by molar-refractivity contribution is 5.90. The van der Waals surface area contributed by atoms with E-state index in [1.165, 1.54) is 6.92 Å². The standard InChI is InChI=1S/C9H6FNO2/c1-5-6(4-11)2-7(10)3-8(5)9(12)13/h2-3H,1H3,(H,12,13). The van der Waals surface area contributed by atoms with Crippen molar-refractivity contribution in [2.75, 3.05) is 0 Å². The molecule has 0 spiro atoms. The summed E-state index contributed by atoms with van der Waals surface area (Å²) in [6, 6.07) is 3.64. The lowest BCUT2D eigenvalue weighted by Gasteiger charge is -2.02. The summed E-state index contributed by atoms with van der Waals surface area (Å²) < 4.78 is 12.7. The molecule has 0 aliphatic carbocycles. The lowest BCUT2D eigenvalue weighted by atomic mass is 10.0. The molecule has 3 nitrogen and oxygen atoms in total. The van der Waals surface area contributed by atoms with Gasteiger partial charge in [0.2, 0.25) is 0 Å². The molecule has 0 fully saturated rings. The lowest BCUT2D eigenvalue weighted by molar-refractivity contribution is 0.0695. The summed E-state index contributed by atoms with van der Waals surface area (Å²) in [5.74, 6) is -1.94. The largest absolute Gasteiger partial charge is 0.478 e. The fourth-order valence-electron chi connectivity index (χ4n) is 1.02. The van der Waals surface area contributed by atoms with Crippen LogP contribution >= 0.6 is 0 Å². The molecule has 66 valence electrons. The zero-order chi connectivity index (χ0) is 10.0. The summed E-state index contributed by atoms with van der Waals surface area (Å²) in [5, 5.41) is 17.2. The van der Waals surface area contributed by atoms with E-state index < -0.39 is 11.8 Å². The van der Waals surface area contributed by atoms with E-state index in [0.717, 1.165) is 12.1 Å². The topological polar surface area (TPSA) is 61.1 Å². The summed E-state index contributed by atoms with van der Waals surface area (Å²) in [6.45, 7) is 1.47. The van der Waals surface area contributed by atoms with E-state index in [0.29, 0.717) is 0 Å². The number of halogens is 1. The van der Waals surface area contributed by atoms with Crippen LogP contribution in [0.4, 0.5) is 4.39 Å². The Morgan fingerprint density at radius 1 is 1.62 bits per heavy atom. The molecule has 1 aromatic carbocycles. The van der Waals surface area contributed by atoms with Crippen LogP contribution in [-0.2, 0) is 0 Å². The predicted molar refractivity (Wildman–Crippen MR) is 42.8 cm³/mol. The van der Waals surface area contributed by atoms with Gasteiger partial charge in [0.25, 0.3) is 0 Å². The fraction of sp³-hybridized carbons (Fsp3) is 0.111. The minimum atomic E-state index is -1.23. The molecule has 0 aliphatic rings. The number of hydrogen-bond donors (Lipinski definition) is 1. The number of aromatic carboxylic acids is 1. The Kier molecular flexibility index (Phi) is 2.29. The van der Waals surface area contributed by atoms with Gasteiger partial charge in [-0.05, 0) is 24.6 Å². The molecule has 0 radical (unpaired) electrons. The minimum Gasteiger partial charge on any atom is -0.478 e. The maximum absolute atomic E-state index is 12.7. The van der Waals surface area contributed by atoms with E-state index in [9.17, 15) is 9.18 Å². The van der Waals surface area contributed by atoms with Gasteiger partial charge >= 0.3 is 5.97 Å². The molecule has 1 aromatic rings. The highest BCUT2D eigenvalue weighted by Crippen LogP contribution is 2.15.